The summed E-state index contributed by atoms with van der Waals surface area (Å²) in [5.41, 5.74) is -6.59. The first-order chi connectivity index (χ1) is 7.34. The monoisotopic (exact) mass is 288 g/mol. The van der Waals surface area contributed by atoms with Gasteiger partial charge in [-0.25, -0.2) is 0 Å². The van der Waals surface area contributed by atoms with E-state index in [4.69, 9.17) is 9.79 Å². The minimum Gasteiger partial charge on any atom is -0.319 e. The average Bonchev–Trinajstić information content (AvgIpc) is 1.97. The largest absolute Gasteiger partial charge is 0.424 e. The maximum absolute atomic E-state index is 12.8. The SMILES string of the molecule is CCOC(F)(F)/C(=C(\F)P(=O)(O)O)C(F)(F)F. The van der Waals surface area contributed by atoms with Gasteiger partial charge in [-0.05, 0) is 6.92 Å². The van der Waals surface area contributed by atoms with Crippen LogP contribution in [0.3, 0.4) is 0 Å². The maximum Gasteiger partial charge on any atom is 0.424 e. The standard InChI is InChI=1S/C6H7F6O4P/c1-2-16-6(11,12)3(5(8,9)10)4(7)17(13,14)15/h2H2,1H3,(H2,13,14,15)/b4-3+. The zero-order valence-electron chi connectivity index (χ0n) is 8.13. The highest BCUT2D eigenvalue weighted by Gasteiger charge is 2.56. The van der Waals surface area contributed by atoms with E-state index in [9.17, 15) is 30.9 Å². The third kappa shape index (κ3) is 4.30. The van der Waals surface area contributed by atoms with E-state index in [-0.39, 0.29) is 0 Å². The molecule has 0 spiro atoms. The van der Waals surface area contributed by atoms with Crippen LogP contribution in [0.25, 0.3) is 0 Å². The molecule has 0 rings (SSSR count). The van der Waals surface area contributed by atoms with E-state index in [1.54, 1.807) is 0 Å². The first-order valence-corrected chi connectivity index (χ1v) is 5.50. The summed E-state index contributed by atoms with van der Waals surface area (Å²) in [4.78, 5) is 16.3. The first-order valence-electron chi connectivity index (χ1n) is 3.89. The van der Waals surface area contributed by atoms with E-state index < -0.39 is 37.6 Å². The minimum atomic E-state index is -6.10. The van der Waals surface area contributed by atoms with Crippen molar-refractivity contribution in [2.24, 2.45) is 0 Å². The molecule has 0 aliphatic rings. The molecule has 0 radical (unpaired) electrons. The van der Waals surface area contributed by atoms with Gasteiger partial charge in [0.2, 0.25) is 5.57 Å². The summed E-state index contributed by atoms with van der Waals surface area (Å²) < 4.78 is 88.2. The third-order valence-electron chi connectivity index (χ3n) is 1.36. The van der Waals surface area contributed by atoms with Crippen molar-refractivity contribution in [2.45, 2.75) is 19.2 Å². The molecule has 0 unspecified atom stereocenters. The van der Waals surface area contributed by atoms with Crippen molar-refractivity contribution >= 4 is 7.60 Å². The van der Waals surface area contributed by atoms with Crippen molar-refractivity contribution in [1.29, 1.82) is 0 Å². The van der Waals surface area contributed by atoms with E-state index in [1.165, 1.54) is 0 Å². The van der Waals surface area contributed by atoms with Crippen LogP contribution in [-0.2, 0) is 9.30 Å². The topological polar surface area (TPSA) is 66.8 Å². The Bertz CT molecular complexity index is 356. The van der Waals surface area contributed by atoms with E-state index in [0.717, 1.165) is 6.92 Å². The molecule has 0 aromatic heterocycles. The fourth-order valence-electron chi connectivity index (χ4n) is 0.801. The highest BCUT2D eigenvalue weighted by molar-refractivity contribution is 7.56. The van der Waals surface area contributed by atoms with Gasteiger partial charge in [0.15, 0.2) is 5.57 Å². The molecule has 0 aliphatic carbocycles. The van der Waals surface area contributed by atoms with Crippen LogP contribution in [0, 0.1) is 0 Å². The normalized spacial score (nSPS) is 15.8. The highest BCUT2D eigenvalue weighted by Crippen LogP contribution is 2.53. The fraction of sp³-hybridized carbons (Fsp3) is 0.667. The summed E-state index contributed by atoms with van der Waals surface area (Å²) in [6.07, 6.45) is -11.2. The molecule has 0 aliphatic heterocycles. The van der Waals surface area contributed by atoms with Crippen LogP contribution in [0.1, 0.15) is 6.92 Å². The van der Waals surface area contributed by atoms with Gasteiger partial charge >= 0.3 is 19.9 Å². The lowest BCUT2D eigenvalue weighted by molar-refractivity contribution is -0.242. The third-order valence-corrected chi connectivity index (χ3v) is 2.10. The molecule has 0 saturated carbocycles. The molecule has 0 aromatic carbocycles. The molecule has 0 bridgehead atoms. The quantitative estimate of drug-likeness (QED) is 0.616. The number of alkyl halides is 5. The summed E-state index contributed by atoms with van der Waals surface area (Å²) in [5.74, 6) is 0. The van der Waals surface area contributed by atoms with Gasteiger partial charge in [-0.1, -0.05) is 0 Å². The second kappa shape index (κ2) is 4.97. The Balaban J connectivity index is 5.87. The van der Waals surface area contributed by atoms with Gasteiger partial charge < -0.3 is 14.5 Å². The van der Waals surface area contributed by atoms with Crippen molar-refractivity contribution < 1.29 is 45.4 Å². The molecule has 0 heterocycles. The average molecular weight is 288 g/mol. The zero-order valence-corrected chi connectivity index (χ0v) is 9.03. The predicted molar refractivity (Wildman–Crippen MR) is 42.8 cm³/mol. The molecule has 17 heavy (non-hydrogen) atoms. The maximum atomic E-state index is 12.8. The lowest BCUT2D eigenvalue weighted by Gasteiger charge is -2.22. The smallest absolute Gasteiger partial charge is 0.319 e. The van der Waals surface area contributed by atoms with Crippen LogP contribution in [0.2, 0.25) is 0 Å². The first kappa shape index (κ1) is 16.4. The molecule has 2 N–H and O–H groups in total. The zero-order chi connectivity index (χ0) is 14.1. The Hall–Kier alpha value is -0.570. The summed E-state index contributed by atoms with van der Waals surface area (Å²) >= 11 is 0. The summed E-state index contributed by atoms with van der Waals surface area (Å²) in [7, 11) is -6.10. The van der Waals surface area contributed by atoms with Gasteiger partial charge in [0, 0.05) is 0 Å². The summed E-state index contributed by atoms with van der Waals surface area (Å²) in [6.45, 7) is -0.0156. The van der Waals surface area contributed by atoms with E-state index >= 15 is 0 Å². The molecule has 0 aromatic rings. The van der Waals surface area contributed by atoms with Crippen LogP contribution < -0.4 is 0 Å². The van der Waals surface area contributed by atoms with Crippen molar-refractivity contribution in [2.75, 3.05) is 6.61 Å². The Morgan fingerprint density at radius 2 is 1.65 bits per heavy atom. The van der Waals surface area contributed by atoms with Crippen LogP contribution in [0.5, 0.6) is 0 Å². The molecule has 11 heteroatoms. The molecule has 102 valence electrons. The number of ether oxygens (including phenoxy) is 1. The van der Waals surface area contributed by atoms with Gasteiger partial charge in [-0.2, -0.15) is 26.3 Å². The van der Waals surface area contributed by atoms with E-state index in [0.29, 0.717) is 0 Å². The molecule has 0 fully saturated rings. The van der Waals surface area contributed by atoms with Crippen LogP contribution in [-0.4, -0.2) is 28.7 Å². The molecule has 0 amide bonds. The molecular formula is C6H7F6O4P. The second-order valence-corrected chi connectivity index (χ2v) is 4.14. The van der Waals surface area contributed by atoms with Gasteiger partial charge in [0.1, 0.15) is 0 Å². The summed E-state index contributed by atoms with van der Waals surface area (Å²) in [5, 5.41) is 0. The molecule has 0 atom stereocenters. The Morgan fingerprint density at radius 3 is 1.88 bits per heavy atom. The lowest BCUT2D eigenvalue weighted by atomic mass is 10.2. The van der Waals surface area contributed by atoms with Gasteiger partial charge in [-0.3, -0.25) is 4.57 Å². The molecule has 4 nitrogen and oxygen atoms in total. The number of rotatable bonds is 4. The van der Waals surface area contributed by atoms with Gasteiger partial charge in [0.05, 0.1) is 6.61 Å². The van der Waals surface area contributed by atoms with Gasteiger partial charge in [-0.15, -0.1) is 0 Å². The number of halogens is 6. The van der Waals surface area contributed by atoms with Gasteiger partial charge in [0.25, 0.3) is 0 Å². The van der Waals surface area contributed by atoms with Crippen molar-refractivity contribution in [3.63, 3.8) is 0 Å². The van der Waals surface area contributed by atoms with Crippen LogP contribution >= 0.6 is 7.60 Å². The summed E-state index contributed by atoms with van der Waals surface area (Å²) in [6, 6.07) is 0. The highest BCUT2D eigenvalue weighted by atomic mass is 31.2. The van der Waals surface area contributed by atoms with Crippen LogP contribution in [0.4, 0.5) is 26.3 Å². The van der Waals surface area contributed by atoms with Crippen molar-refractivity contribution in [3.8, 4) is 0 Å². The van der Waals surface area contributed by atoms with E-state index in [2.05, 4.69) is 4.74 Å². The predicted octanol–water partition coefficient (Wildman–Crippen LogP) is 2.54. The number of hydrogen-bond donors (Lipinski definition) is 2. The Kier molecular flexibility index (Phi) is 4.80. The fourth-order valence-corrected chi connectivity index (χ4v) is 1.35. The second-order valence-electron chi connectivity index (χ2n) is 2.66. The van der Waals surface area contributed by atoms with Crippen LogP contribution in [0.15, 0.2) is 11.1 Å². The number of hydrogen-bond acceptors (Lipinski definition) is 2. The Morgan fingerprint density at radius 1 is 1.24 bits per heavy atom. The van der Waals surface area contributed by atoms with E-state index in [1.807, 2.05) is 0 Å². The molecule has 0 saturated heterocycles. The lowest BCUT2D eigenvalue weighted by Crippen LogP contribution is -2.34. The van der Waals surface area contributed by atoms with Crippen molar-refractivity contribution in [3.05, 3.63) is 11.1 Å². The minimum absolute atomic E-state index is 0.900. The van der Waals surface area contributed by atoms with Crippen molar-refractivity contribution in [1.82, 2.24) is 0 Å². The Labute approximate surface area is 91.0 Å². The molecular weight excluding hydrogens is 281 g/mol.